The lowest BCUT2D eigenvalue weighted by molar-refractivity contribution is 0.0393. The van der Waals surface area contributed by atoms with E-state index in [2.05, 4.69) is 15.9 Å². The molecule has 4 heteroatoms. The Balaban J connectivity index is 2.95. The number of nitrogens with two attached hydrogens (primary N) is 1. The van der Waals surface area contributed by atoms with Crippen LogP contribution in [-0.2, 0) is 6.42 Å². The van der Waals surface area contributed by atoms with E-state index >= 15 is 0 Å². The first-order valence-corrected chi connectivity index (χ1v) is 6.59. The summed E-state index contributed by atoms with van der Waals surface area (Å²) in [6.45, 7) is 2.30. The SMILES string of the molecule is CCCC(O)(CN)Cc1cc(Br)ccc1OC. The van der Waals surface area contributed by atoms with Crippen molar-refractivity contribution in [2.45, 2.75) is 31.8 Å². The molecule has 1 unspecified atom stereocenters. The zero-order chi connectivity index (χ0) is 12.9. The molecule has 0 radical (unpaired) electrons. The molecule has 0 bridgehead atoms. The smallest absolute Gasteiger partial charge is 0.122 e. The maximum Gasteiger partial charge on any atom is 0.122 e. The van der Waals surface area contributed by atoms with Crippen LogP contribution >= 0.6 is 15.9 Å². The van der Waals surface area contributed by atoms with Crippen molar-refractivity contribution < 1.29 is 9.84 Å². The molecule has 0 fully saturated rings. The molecule has 0 amide bonds. The Hall–Kier alpha value is -0.580. The molecule has 1 aromatic carbocycles. The first kappa shape index (κ1) is 14.5. The molecular formula is C13H20BrNO2. The van der Waals surface area contributed by atoms with Gasteiger partial charge in [0, 0.05) is 17.4 Å². The second-order valence-electron chi connectivity index (χ2n) is 4.31. The average Bonchev–Trinajstić information content (AvgIpc) is 2.29. The van der Waals surface area contributed by atoms with Gasteiger partial charge >= 0.3 is 0 Å². The van der Waals surface area contributed by atoms with Crippen molar-refractivity contribution >= 4 is 15.9 Å². The minimum Gasteiger partial charge on any atom is -0.496 e. The summed E-state index contributed by atoms with van der Waals surface area (Å²) in [6.07, 6.45) is 2.11. The maximum absolute atomic E-state index is 10.4. The fourth-order valence-electron chi connectivity index (χ4n) is 1.97. The van der Waals surface area contributed by atoms with Crippen molar-refractivity contribution in [2.24, 2.45) is 5.73 Å². The van der Waals surface area contributed by atoms with Gasteiger partial charge in [0.1, 0.15) is 5.75 Å². The van der Waals surface area contributed by atoms with Crippen LogP contribution in [-0.4, -0.2) is 24.4 Å². The second kappa shape index (κ2) is 6.38. The van der Waals surface area contributed by atoms with Gasteiger partial charge in [-0.15, -0.1) is 0 Å². The van der Waals surface area contributed by atoms with Crippen molar-refractivity contribution in [3.8, 4) is 5.75 Å². The predicted molar refractivity (Wildman–Crippen MR) is 73.3 cm³/mol. The van der Waals surface area contributed by atoms with Crippen LogP contribution in [0.1, 0.15) is 25.3 Å². The summed E-state index contributed by atoms with van der Waals surface area (Å²) >= 11 is 3.43. The number of methoxy groups -OCH3 is 1. The molecule has 1 atom stereocenters. The number of benzene rings is 1. The van der Waals surface area contributed by atoms with Gasteiger partial charge in [-0.2, -0.15) is 0 Å². The van der Waals surface area contributed by atoms with E-state index in [1.54, 1.807) is 7.11 Å². The first-order valence-electron chi connectivity index (χ1n) is 5.79. The molecular weight excluding hydrogens is 282 g/mol. The molecule has 0 aliphatic heterocycles. The predicted octanol–water partition coefficient (Wildman–Crippen LogP) is 2.49. The summed E-state index contributed by atoms with van der Waals surface area (Å²) < 4.78 is 6.27. The van der Waals surface area contributed by atoms with Crippen LogP contribution in [0.3, 0.4) is 0 Å². The normalized spacial score (nSPS) is 14.4. The van der Waals surface area contributed by atoms with Crippen LogP contribution in [0.15, 0.2) is 22.7 Å². The van der Waals surface area contributed by atoms with Crippen LogP contribution in [0.5, 0.6) is 5.75 Å². The van der Waals surface area contributed by atoms with Gasteiger partial charge in [-0.25, -0.2) is 0 Å². The lowest BCUT2D eigenvalue weighted by atomic mass is 9.90. The molecule has 96 valence electrons. The lowest BCUT2D eigenvalue weighted by Crippen LogP contribution is -2.39. The Morgan fingerprint density at radius 2 is 2.18 bits per heavy atom. The average molecular weight is 302 g/mol. The van der Waals surface area contributed by atoms with Crippen molar-refractivity contribution in [3.63, 3.8) is 0 Å². The van der Waals surface area contributed by atoms with Gasteiger partial charge in [-0.3, -0.25) is 0 Å². The zero-order valence-corrected chi connectivity index (χ0v) is 12.0. The molecule has 0 spiro atoms. The van der Waals surface area contributed by atoms with E-state index in [4.69, 9.17) is 10.5 Å². The van der Waals surface area contributed by atoms with E-state index in [0.717, 1.165) is 22.2 Å². The molecule has 0 aliphatic rings. The Kier molecular flexibility index (Phi) is 5.43. The number of rotatable bonds is 6. The standard InChI is InChI=1S/C13H20BrNO2/c1-3-6-13(16,9-15)8-10-7-11(14)4-5-12(10)17-2/h4-5,7,16H,3,6,8-9,15H2,1-2H3. The monoisotopic (exact) mass is 301 g/mol. The minimum atomic E-state index is -0.844. The Morgan fingerprint density at radius 1 is 1.47 bits per heavy atom. The molecule has 3 N–H and O–H groups in total. The number of hydrogen-bond donors (Lipinski definition) is 2. The Bertz CT molecular complexity index is 370. The van der Waals surface area contributed by atoms with Gasteiger partial charge in [0.25, 0.3) is 0 Å². The molecule has 0 saturated heterocycles. The van der Waals surface area contributed by atoms with Gasteiger partial charge in [0.2, 0.25) is 0 Å². The number of halogens is 1. The van der Waals surface area contributed by atoms with Gasteiger partial charge in [0.05, 0.1) is 12.7 Å². The highest BCUT2D eigenvalue weighted by molar-refractivity contribution is 9.10. The Labute approximate surface area is 111 Å². The fourth-order valence-corrected chi connectivity index (χ4v) is 2.38. The van der Waals surface area contributed by atoms with E-state index in [0.29, 0.717) is 12.8 Å². The molecule has 1 rings (SSSR count). The molecule has 3 nitrogen and oxygen atoms in total. The van der Waals surface area contributed by atoms with Crippen molar-refractivity contribution in [3.05, 3.63) is 28.2 Å². The highest BCUT2D eigenvalue weighted by atomic mass is 79.9. The summed E-state index contributed by atoms with van der Waals surface area (Å²) in [7, 11) is 1.63. The number of aliphatic hydroxyl groups is 1. The number of ether oxygens (including phenoxy) is 1. The molecule has 17 heavy (non-hydrogen) atoms. The molecule has 0 aliphatic carbocycles. The third-order valence-corrected chi connectivity index (χ3v) is 3.35. The quantitative estimate of drug-likeness (QED) is 0.849. The largest absolute Gasteiger partial charge is 0.496 e. The lowest BCUT2D eigenvalue weighted by Gasteiger charge is -2.27. The third kappa shape index (κ3) is 3.98. The van der Waals surface area contributed by atoms with Gasteiger partial charge in [-0.05, 0) is 30.2 Å². The van der Waals surface area contributed by atoms with Crippen LogP contribution in [0.25, 0.3) is 0 Å². The van der Waals surface area contributed by atoms with E-state index < -0.39 is 5.60 Å². The highest BCUT2D eigenvalue weighted by Gasteiger charge is 2.26. The molecule has 1 aromatic rings. The van der Waals surface area contributed by atoms with Crippen LogP contribution in [0.4, 0.5) is 0 Å². The van der Waals surface area contributed by atoms with Crippen molar-refractivity contribution in [1.82, 2.24) is 0 Å². The van der Waals surface area contributed by atoms with E-state index in [9.17, 15) is 5.11 Å². The van der Waals surface area contributed by atoms with Crippen molar-refractivity contribution in [2.75, 3.05) is 13.7 Å². The Morgan fingerprint density at radius 3 is 2.71 bits per heavy atom. The summed E-state index contributed by atoms with van der Waals surface area (Å²) in [5.74, 6) is 0.788. The van der Waals surface area contributed by atoms with Crippen LogP contribution in [0.2, 0.25) is 0 Å². The maximum atomic E-state index is 10.4. The molecule has 0 saturated carbocycles. The van der Waals surface area contributed by atoms with Crippen molar-refractivity contribution in [1.29, 1.82) is 0 Å². The van der Waals surface area contributed by atoms with Gasteiger partial charge in [-0.1, -0.05) is 29.3 Å². The molecule has 0 aromatic heterocycles. The molecule has 0 heterocycles. The first-order chi connectivity index (χ1) is 8.04. The summed E-state index contributed by atoms with van der Waals surface area (Å²) in [5.41, 5.74) is 5.80. The summed E-state index contributed by atoms with van der Waals surface area (Å²) in [6, 6.07) is 5.78. The van der Waals surface area contributed by atoms with E-state index in [1.165, 1.54) is 0 Å². The highest BCUT2D eigenvalue weighted by Crippen LogP contribution is 2.28. The second-order valence-corrected chi connectivity index (χ2v) is 5.23. The zero-order valence-electron chi connectivity index (χ0n) is 10.4. The summed E-state index contributed by atoms with van der Waals surface area (Å²) in [5, 5.41) is 10.4. The van der Waals surface area contributed by atoms with Gasteiger partial charge < -0.3 is 15.6 Å². The van der Waals surface area contributed by atoms with E-state index in [-0.39, 0.29) is 6.54 Å². The van der Waals surface area contributed by atoms with Gasteiger partial charge in [0.15, 0.2) is 0 Å². The third-order valence-electron chi connectivity index (χ3n) is 2.86. The summed E-state index contributed by atoms with van der Waals surface area (Å²) in [4.78, 5) is 0. The minimum absolute atomic E-state index is 0.260. The van der Waals surface area contributed by atoms with E-state index in [1.807, 2.05) is 25.1 Å². The number of hydrogen-bond acceptors (Lipinski definition) is 3. The fraction of sp³-hybridized carbons (Fsp3) is 0.538. The van der Waals surface area contributed by atoms with Crippen LogP contribution < -0.4 is 10.5 Å². The van der Waals surface area contributed by atoms with Crippen LogP contribution in [0, 0.1) is 0 Å². The topological polar surface area (TPSA) is 55.5 Å².